The summed E-state index contributed by atoms with van der Waals surface area (Å²) in [4.78, 5) is 25.5. The van der Waals surface area contributed by atoms with E-state index in [4.69, 9.17) is 4.98 Å². The predicted molar refractivity (Wildman–Crippen MR) is 117 cm³/mol. The maximum absolute atomic E-state index is 12.8. The second kappa shape index (κ2) is 8.69. The monoisotopic (exact) mass is 414 g/mol. The fourth-order valence-electron chi connectivity index (χ4n) is 3.48. The molecule has 2 aromatic heterocycles. The van der Waals surface area contributed by atoms with Crippen LogP contribution in [-0.2, 0) is 11.3 Å². The number of aromatic nitrogens is 1. The van der Waals surface area contributed by atoms with Crippen molar-refractivity contribution in [2.45, 2.75) is 19.5 Å². The average molecular weight is 415 g/mol. The third kappa shape index (κ3) is 4.43. The number of hydrogen-bond donors (Lipinski definition) is 0. The van der Waals surface area contributed by atoms with Gasteiger partial charge in [0.25, 0.3) is 0 Å². The van der Waals surface area contributed by atoms with E-state index in [0.717, 1.165) is 43.2 Å². The minimum atomic E-state index is -0.00924. The summed E-state index contributed by atoms with van der Waals surface area (Å²) in [6.07, 6.45) is 0. The van der Waals surface area contributed by atoms with E-state index in [1.165, 1.54) is 9.58 Å². The number of carbonyl (C=O) groups is 1. The summed E-state index contributed by atoms with van der Waals surface area (Å²) in [6, 6.07) is 12.4. The van der Waals surface area contributed by atoms with Gasteiger partial charge in [-0.3, -0.25) is 14.6 Å². The molecular formula is C21H26N4OS2. The van der Waals surface area contributed by atoms with Gasteiger partial charge < -0.3 is 4.90 Å². The Balaban J connectivity index is 1.29. The lowest BCUT2D eigenvalue weighted by atomic mass is 10.2. The van der Waals surface area contributed by atoms with Crippen molar-refractivity contribution in [3.05, 3.63) is 51.7 Å². The van der Waals surface area contributed by atoms with E-state index >= 15 is 0 Å². The van der Waals surface area contributed by atoms with Gasteiger partial charge in [0.15, 0.2) is 0 Å². The number of fused-ring (bicyclic) bond motifs is 1. The molecule has 148 valence electrons. The molecule has 0 N–H and O–H groups in total. The van der Waals surface area contributed by atoms with Crippen molar-refractivity contribution in [1.82, 2.24) is 19.7 Å². The lowest BCUT2D eigenvalue weighted by molar-refractivity contribution is -0.133. The van der Waals surface area contributed by atoms with Crippen LogP contribution in [0.15, 0.2) is 41.8 Å². The van der Waals surface area contributed by atoms with Gasteiger partial charge in [-0.05, 0) is 30.5 Å². The Bertz CT molecular complexity index is 883. The standard InChI is InChI=1S/C21H26N4OS2/c1-16(21-22-18-7-3-4-8-19(18)28-21)23(2)20(26)15-25-11-9-24(10-12-25)14-17-6-5-13-27-17/h3-8,13,16H,9-12,14-15H2,1-2H3/t16-/m0/s1. The van der Waals surface area contributed by atoms with Crippen LogP contribution in [0.4, 0.5) is 0 Å². The molecule has 1 aliphatic heterocycles. The van der Waals surface area contributed by atoms with Crippen LogP contribution in [0.2, 0.25) is 0 Å². The quantitative estimate of drug-likeness (QED) is 0.617. The van der Waals surface area contributed by atoms with Crippen LogP contribution >= 0.6 is 22.7 Å². The Kier molecular flexibility index (Phi) is 6.06. The molecule has 0 bridgehead atoms. The van der Waals surface area contributed by atoms with E-state index in [1.807, 2.05) is 41.5 Å². The first-order valence-corrected chi connectivity index (χ1v) is 11.4. The van der Waals surface area contributed by atoms with E-state index in [1.54, 1.807) is 11.3 Å². The summed E-state index contributed by atoms with van der Waals surface area (Å²) in [5, 5.41) is 3.13. The summed E-state index contributed by atoms with van der Waals surface area (Å²) in [5.41, 5.74) is 1.01. The normalized spacial score (nSPS) is 17.1. The molecule has 5 nitrogen and oxygen atoms in total. The smallest absolute Gasteiger partial charge is 0.237 e. The van der Waals surface area contributed by atoms with Crippen LogP contribution in [0.3, 0.4) is 0 Å². The van der Waals surface area contributed by atoms with E-state index in [0.29, 0.717) is 6.54 Å². The molecule has 28 heavy (non-hydrogen) atoms. The third-order valence-electron chi connectivity index (χ3n) is 5.43. The van der Waals surface area contributed by atoms with Crippen molar-refractivity contribution in [3.63, 3.8) is 0 Å². The number of piperazine rings is 1. The highest BCUT2D eigenvalue weighted by molar-refractivity contribution is 7.18. The molecule has 0 aliphatic carbocycles. The van der Waals surface area contributed by atoms with Gasteiger partial charge in [0.2, 0.25) is 5.91 Å². The molecule has 0 unspecified atom stereocenters. The summed E-state index contributed by atoms with van der Waals surface area (Å²) in [5.74, 6) is 0.165. The van der Waals surface area contributed by atoms with Gasteiger partial charge in [-0.1, -0.05) is 18.2 Å². The van der Waals surface area contributed by atoms with Gasteiger partial charge in [0, 0.05) is 44.6 Å². The van der Waals surface area contributed by atoms with Crippen molar-refractivity contribution >= 4 is 38.8 Å². The topological polar surface area (TPSA) is 39.7 Å². The van der Waals surface area contributed by atoms with Crippen molar-refractivity contribution in [2.75, 3.05) is 39.8 Å². The minimum absolute atomic E-state index is 0.00924. The van der Waals surface area contributed by atoms with Crippen LogP contribution in [0.5, 0.6) is 0 Å². The van der Waals surface area contributed by atoms with E-state index in [2.05, 4.69) is 40.3 Å². The number of amides is 1. The second-order valence-corrected chi connectivity index (χ2v) is 9.43. The number of thiophene rings is 1. The first kappa shape index (κ1) is 19.5. The molecule has 1 atom stereocenters. The van der Waals surface area contributed by atoms with Gasteiger partial charge in [0.1, 0.15) is 5.01 Å². The zero-order valence-electron chi connectivity index (χ0n) is 16.4. The van der Waals surface area contributed by atoms with E-state index < -0.39 is 0 Å². The Morgan fingerprint density at radius 2 is 1.89 bits per heavy atom. The van der Waals surface area contributed by atoms with Crippen LogP contribution in [0.25, 0.3) is 10.2 Å². The van der Waals surface area contributed by atoms with Crippen molar-refractivity contribution in [1.29, 1.82) is 0 Å². The molecular weight excluding hydrogens is 388 g/mol. The zero-order chi connectivity index (χ0) is 19.5. The van der Waals surface area contributed by atoms with Crippen molar-refractivity contribution in [3.8, 4) is 0 Å². The Morgan fingerprint density at radius 1 is 1.14 bits per heavy atom. The maximum atomic E-state index is 12.8. The summed E-state index contributed by atoms with van der Waals surface area (Å²) in [6.45, 7) is 7.49. The summed E-state index contributed by atoms with van der Waals surface area (Å²) in [7, 11) is 1.89. The lowest BCUT2D eigenvalue weighted by Gasteiger charge is -2.35. The fraction of sp³-hybridized carbons (Fsp3) is 0.429. The van der Waals surface area contributed by atoms with Crippen LogP contribution in [0, 0.1) is 0 Å². The summed E-state index contributed by atoms with van der Waals surface area (Å²) < 4.78 is 1.17. The van der Waals surface area contributed by atoms with Crippen molar-refractivity contribution < 1.29 is 4.79 Å². The highest BCUT2D eigenvalue weighted by atomic mass is 32.1. The molecule has 0 saturated carbocycles. The molecule has 1 aromatic carbocycles. The maximum Gasteiger partial charge on any atom is 0.237 e. The predicted octanol–water partition coefficient (Wildman–Crippen LogP) is 3.70. The average Bonchev–Trinajstić information content (AvgIpc) is 3.37. The van der Waals surface area contributed by atoms with Gasteiger partial charge in [-0.25, -0.2) is 4.98 Å². The Hall–Kier alpha value is -1.80. The van der Waals surface area contributed by atoms with Gasteiger partial charge in [0.05, 0.1) is 22.8 Å². The molecule has 1 amide bonds. The number of likely N-dealkylation sites (N-methyl/N-ethyl adjacent to an activating group) is 1. The summed E-state index contributed by atoms with van der Waals surface area (Å²) >= 11 is 3.49. The van der Waals surface area contributed by atoms with Gasteiger partial charge >= 0.3 is 0 Å². The van der Waals surface area contributed by atoms with Crippen LogP contribution in [0.1, 0.15) is 22.9 Å². The largest absolute Gasteiger partial charge is 0.335 e. The van der Waals surface area contributed by atoms with Crippen LogP contribution < -0.4 is 0 Å². The molecule has 0 radical (unpaired) electrons. The fourth-order valence-corrected chi connectivity index (χ4v) is 5.29. The molecule has 1 aliphatic rings. The number of benzene rings is 1. The molecule has 1 saturated heterocycles. The molecule has 4 rings (SSSR count). The Labute approximate surface area is 174 Å². The number of para-hydroxylation sites is 1. The third-order valence-corrected chi connectivity index (χ3v) is 7.49. The number of carbonyl (C=O) groups excluding carboxylic acids is 1. The zero-order valence-corrected chi connectivity index (χ0v) is 18.0. The van der Waals surface area contributed by atoms with E-state index in [-0.39, 0.29) is 11.9 Å². The van der Waals surface area contributed by atoms with Gasteiger partial charge in [-0.2, -0.15) is 0 Å². The minimum Gasteiger partial charge on any atom is -0.335 e. The molecule has 3 aromatic rings. The first-order valence-electron chi connectivity index (χ1n) is 9.68. The van der Waals surface area contributed by atoms with E-state index in [9.17, 15) is 4.79 Å². The number of thiazole rings is 1. The molecule has 0 spiro atoms. The lowest BCUT2D eigenvalue weighted by Crippen LogP contribution is -2.49. The Morgan fingerprint density at radius 3 is 2.61 bits per heavy atom. The van der Waals surface area contributed by atoms with Crippen LogP contribution in [-0.4, -0.2) is 65.4 Å². The highest BCUT2D eigenvalue weighted by Crippen LogP contribution is 2.28. The highest BCUT2D eigenvalue weighted by Gasteiger charge is 2.24. The first-order chi connectivity index (χ1) is 13.6. The molecule has 1 fully saturated rings. The molecule has 3 heterocycles. The number of nitrogens with zero attached hydrogens (tertiary/aromatic N) is 4. The number of hydrogen-bond acceptors (Lipinski definition) is 6. The second-order valence-electron chi connectivity index (χ2n) is 7.33. The molecule has 7 heteroatoms. The van der Waals surface area contributed by atoms with Crippen molar-refractivity contribution in [2.24, 2.45) is 0 Å². The number of rotatable bonds is 6. The SMILES string of the molecule is C[C@@H](c1nc2ccccc2s1)N(C)C(=O)CN1CCN(Cc2cccs2)CC1. The van der Waals surface area contributed by atoms with Gasteiger partial charge in [-0.15, -0.1) is 22.7 Å².